The Morgan fingerprint density at radius 2 is 1.83 bits per heavy atom. The van der Waals surface area contributed by atoms with Crippen LogP contribution in [0.15, 0.2) is 48.5 Å². The summed E-state index contributed by atoms with van der Waals surface area (Å²) in [5.74, 6) is -1.72. The summed E-state index contributed by atoms with van der Waals surface area (Å²) in [7, 11) is 1.64. The highest BCUT2D eigenvalue weighted by atomic mass is 35.5. The van der Waals surface area contributed by atoms with Gasteiger partial charge in [0.2, 0.25) is 5.91 Å². The van der Waals surface area contributed by atoms with Gasteiger partial charge in [-0.05, 0) is 30.7 Å². The van der Waals surface area contributed by atoms with Crippen LogP contribution in [0, 0.1) is 5.92 Å². The van der Waals surface area contributed by atoms with E-state index in [1.807, 2.05) is 6.92 Å². The first-order valence-electron chi connectivity index (χ1n) is 9.59. The number of alkyl halides is 3. The maximum absolute atomic E-state index is 13.2. The number of nitrogens with zero attached hydrogens (tertiary/aromatic N) is 2. The van der Waals surface area contributed by atoms with Gasteiger partial charge in [-0.25, -0.2) is 0 Å². The Balaban J connectivity index is 1.96. The van der Waals surface area contributed by atoms with E-state index in [1.54, 1.807) is 37.4 Å². The molecule has 3 rings (SSSR count). The molecule has 0 spiro atoms. The Hall–Kier alpha value is -2.54. The van der Waals surface area contributed by atoms with Crippen LogP contribution in [0.2, 0.25) is 5.02 Å². The van der Waals surface area contributed by atoms with Gasteiger partial charge in [0, 0.05) is 32.6 Å². The SMILES string of the molecule is CCN(C)C(=O)C1CN(C(=O)c2ccccc2Cl)CC1c1cccc(C(F)(F)F)c1. The molecular formula is C22H22ClF3N2O2. The molecule has 2 aromatic rings. The molecule has 2 aromatic carbocycles. The van der Waals surface area contributed by atoms with Crippen molar-refractivity contribution in [2.24, 2.45) is 5.92 Å². The molecule has 8 heteroatoms. The lowest BCUT2D eigenvalue weighted by atomic mass is 9.87. The third-order valence-electron chi connectivity index (χ3n) is 5.52. The van der Waals surface area contributed by atoms with Crippen molar-refractivity contribution in [3.63, 3.8) is 0 Å². The van der Waals surface area contributed by atoms with Crippen LogP contribution >= 0.6 is 11.6 Å². The lowest BCUT2D eigenvalue weighted by molar-refractivity contribution is -0.137. The molecule has 0 N–H and O–H groups in total. The summed E-state index contributed by atoms with van der Waals surface area (Å²) < 4.78 is 39.6. The zero-order valence-corrected chi connectivity index (χ0v) is 17.4. The van der Waals surface area contributed by atoms with E-state index < -0.39 is 23.6 Å². The summed E-state index contributed by atoms with van der Waals surface area (Å²) in [4.78, 5) is 29.0. The Bertz CT molecular complexity index is 948. The highest BCUT2D eigenvalue weighted by molar-refractivity contribution is 6.33. The molecule has 2 amide bonds. The van der Waals surface area contributed by atoms with Crippen LogP contribution in [0.3, 0.4) is 0 Å². The molecule has 160 valence electrons. The Kier molecular flexibility index (Phi) is 6.41. The first-order valence-corrected chi connectivity index (χ1v) is 9.97. The van der Waals surface area contributed by atoms with Crippen LogP contribution in [0.4, 0.5) is 13.2 Å². The number of rotatable bonds is 4. The molecule has 4 nitrogen and oxygen atoms in total. The van der Waals surface area contributed by atoms with Crippen LogP contribution in [-0.4, -0.2) is 48.3 Å². The Morgan fingerprint density at radius 1 is 1.13 bits per heavy atom. The van der Waals surface area contributed by atoms with E-state index in [0.717, 1.165) is 12.1 Å². The monoisotopic (exact) mass is 438 g/mol. The molecule has 1 aliphatic rings. The molecule has 1 fully saturated rings. The molecule has 30 heavy (non-hydrogen) atoms. The minimum absolute atomic E-state index is 0.119. The standard InChI is InChI=1S/C22H22ClF3N2O2/c1-3-27(2)20(29)18-13-28(21(30)16-9-4-5-10-19(16)23)12-17(18)14-7-6-8-15(11-14)22(24,25)26/h4-11,17-18H,3,12-13H2,1-2H3. The Labute approximate surface area is 178 Å². The molecule has 0 saturated carbocycles. The smallest absolute Gasteiger partial charge is 0.346 e. The summed E-state index contributed by atoms with van der Waals surface area (Å²) in [5.41, 5.74) is -0.0769. The lowest BCUT2D eigenvalue weighted by Crippen LogP contribution is -2.37. The summed E-state index contributed by atoms with van der Waals surface area (Å²) in [6.45, 7) is 2.54. The molecular weight excluding hydrogens is 417 g/mol. The number of hydrogen-bond acceptors (Lipinski definition) is 2. The zero-order valence-electron chi connectivity index (χ0n) is 16.6. The molecule has 1 heterocycles. The van der Waals surface area contributed by atoms with Crippen LogP contribution in [0.5, 0.6) is 0 Å². The van der Waals surface area contributed by atoms with Crippen molar-refractivity contribution in [1.82, 2.24) is 9.80 Å². The number of amides is 2. The van der Waals surface area contributed by atoms with Gasteiger partial charge in [-0.3, -0.25) is 9.59 Å². The summed E-state index contributed by atoms with van der Waals surface area (Å²) in [5, 5.41) is 0.290. The predicted octanol–water partition coefficient (Wildman–Crippen LogP) is 4.69. The first-order chi connectivity index (χ1) is 14.1. The number of benzene rings is 2. The average Bonchev–Trinajstić information content (AvgIpc) is 3.17. The fraction of sp³-hybridized carbons (Fsp3) is 0.364. The number of likely N-dealkylation sites (tertiary alicyclic amines) is 1. The van der Waals surface area contributed by atoms with Gasteiger partial charge < -0.3 is 9.80 Å². The fourth-order valence-corrected chi connectivity index (χ4v) is 3.96. The third-order valence-corrected chi connectivity index (χ3v) is 5.85. The molecule has 1 aliphatic heterocycles. The van der Waals surface area contributed by atoms with E-state index in [-0.39, 0.29) is 24.9 Å². The van der Waals surface area contributed by atoms with E-state index >= 15 is 0 Å². The van der Waals surface area contributed by atoms with Gasteiger partial charge in [0.15, 0.2) is 0 Å². The predicted molar refractivity (Wildman–Crippen MR) is 108 cm³/mol. The van der Waals surface area contributed by atoms with E-state index in [1.165, 1.54) is 15.9 Å². The van der Waals surface area contributed by atoms with E-state index in [4.69, 9.17) is 11.6 Å². The molecule has 2 unspecified atom stereocenters. The highest BCUT2D eigenvalue weighted by Gasteiger charge is 2.42. The molecule has 0 radical (unpaired) electrons. The minimum atomic E-state index is -4.48. The third kappa shape index (κ3) is 4.46. The molecule has 0 aromatic heterocycles. The van der Waals surface area contributed by atoms with Crippen molar-refractivity contribution < 1.29 is 22.8 Å². The van der Waals surface area contributed by atoms with Gasteiger partial charge in [0.05, 0.1) is 22.1 Å². The molecule has 1 saturated heterocycles. The number of carbonyl (C=O) groups is 2. The molecule has 2 atom stereocenters. The number of hydrogen-bond donors (Lipinski definition) is 0. The number of carbonyl (C=O) groups excluding carboxylic acids is 2. The zero-order chi connectivity index (χ0) is 22.1. The summed E-state index contributed by atoms with van der Waals surface area (Å²) in [6, 6.07) is 11.6. The van der Waals surface area contributed by atoms with Gasteiger partial charge in [0.25, 0.3) is 5.91 Å². The van der Waals surface area contributed by atoms with E-state index in [9.17, 15) is 22.8 Å². The van der Waals surface area contributed by atoms with Gasteiger partial charge in [-0.15, -0.1) is 0 Å². The summed E-state index contributed by atoms with van der Waals surface area (Å²) >= 11 is 6.15. The fourth-order valence-electron chi connectivity index (χ4n) is 3.75. The van der Waals surface area contributed by atoms with Crippen LogP contribution < -0.4 is 0 Å². The summed E-state index contributed by atoms with van der Waals surface area (Å²) in [6.07, 6.45) is -4.48. The second-order valence-electron chi connectivity index (χ2n) is 7.38. The maximum Gasteiger partial charge on any atom is 0.416 e. The van der Waals surface area contributed by atoms with Crippen molar-refractivity contribution >= 4 is 23.4 Å². The van der Waals surface area contributed by atoms with Crippen LogP contribution in [0.1, 0.15) is 34.3 Å². The van der Waals surface area contributed by atoms with Crippen LogP contribution in [-0.2, 0) is 11.0 Å². The topological polar surface area (TPSA) is 40.6 Å². The highest BCUT2D eigenvalue weighted by Crippen LogP contribution is 2.38. The number of halogens is 4. The van der Waals surface area contributed by atoms with E-state index in [0.29, 0.717) is 22.7 Å². The van der Waals surface area contributed by atoms with Crippen molar-refractivity contribution in [2.45, 2.75) is 19.0 Å². The quantitative estimate of drug-likeness (QED) is 0.694. The van der Waals surface area contributed by atoms with Gasteiger partial charge in [0.1, 0.15) is 0 Å². The maximum atomic E-state index is 13.2. The minimum Gasteiger partial charge on any atom is -0.346 e. The second-order valence-corrected chi connectivity index (χ2v) is 7.79. The Morgan fingerprint density at radius 3 is 2.47 bits per heavy atom. The van der Waals surface area contributed by atoms with Crippen molar-refractivity contribution in [3.8, 4) is 0 Å². The molecule has 0 bridgehead atoms. The van der Waals surface area contributed by atoms with Crippen LogP contribution in [0.25, 0.3) is 0 Å². The second kappa shape index (κ2) is 8.68. The lowest BCUT2D eigenvalue weighted by Gasteiger charge is -2.23. The normalized spacial score (nSPS) is 19.1. The van der Waals surface area contributed by atoms with Gasteiger partial charge in [-0.2, -0.15) is 13.2 Å². The van der Waals surface area contributed by atoms with Gasteiger partial charge >= 0.3 is 6.18 Å². The average molecular weight is 439 g/mol. The van der Waals surface area contributed by atoms with E-state index in [2.05, 4.69) is 0 Å². The largest absolute Gasteiger partial charge is 0.416 e. The first kappa shape index (κ1) is 22.2. The van der Waals surface area contributed by atoms with Crippen molar-refractivity contribution in [2.75, 3.05) is 26.7 Å². The van der Waals surface area contributed by atoms with Crippen molar-refractivity contribution in [3.05, 3.63) is 70.2 Å². The van der Waals surface area contributed by atoms with Crippen molar-refractivity contribution in [1.29, 1.82) is 0 Å². The molecule has 0 aliphatic carbocycles. The van der Waals surface area contributed by atoms with Gasteiger partial charge in [-0.1, -0.05) is 41.9 Å².